The molecule has 2 unspecified atom stereocenters. The molecule has 0 bridgehead atoms. The average molecular weight is 242 g/mol. The summed E-state index contributed by atoms with van der Waals surface area (Å²) in [6, 6.07) is 5.34. The second kappa shape index (κ2) is 4.72. The molecule has 16 heavy (non-hydrogen) atoms. The van der Waals surface area contributed by atoms with Gasteiger partial charge in [0, 0.05) is 12.6 Å². The van der Waals surface area contributed by atoms with Crippen LogP contribution < -0.4 is 0 Å². The highest BCUT2D eigenvalue weighted by atomic mass is 35.5. The van der Waals surface area contributed by atoms with E-state index in [9.17, 15) is 4.39 Å². The zero-order valence-electron chi connectivity index (χ0n) is 9.71. The summed E-state index contributed by atoms with van der Waals surface area (Å²) in [5, 5.41) is 0.219. The second-order valence-electron chi connectivity index (χ2n) is 4.74. The molecule has 88 valence electrons. The fourth-order valence-electron chi connectivity index (χ4n) is 2.30. The highest BCUT2D eigenvalue weighted by Crippen LogP contribution is 2.29. The van der Waals surface area contributed by atoms with Gasteiger partial charge in [-0.05, 0) is 43.5 Å². The molecule has 1 heterocycles. The summed E-state index contributed by atoms with van der Waals surface area (Å²) in [4.78, 5) is 2.42. The third-order valence-electron chi connectivity index (χ3n) is 3.43. The fraction of sp³-hybridized carbons (Fsp3) is 0.538. The minimum absolute atomic E-state index is 0.219. The molecule has 0 spiro atoms. The highest BCUT2D eigenvalue weighted by molar-refractivity contribution is 6.30. The fourth-order valence-corrected chi connectivity index (χ4v) is 2.49. The van der Waals surface area contributed by atoms with Crippen LogP contribution in [0.3, 0.4) is 0 Å². The lowest BCUT2D eigenvalue weighted by Gasteiger charge is -2.24. The Morgan fingerprint density at radius 3 is 2.81 bits per heavy atom. The summed E-state index contributed by atoms with van der Waals surface area (Å²) in [6.45, 7) is 6.67. The molecule has 2 atom stereocenters. The molecule has 0 aliphatic carbocycles. The summed E-state index contributed by atoms with van der Waals surface area (Å²) >= 11 is 5.80. The maximum absolute atomic E-state index is 13.1. The molecule has 1 aliphatic rings. The number of rotatable bonds is 2. The average Bonchev–Trinajstić information content (AvgIpc) is 2.68. The molecule has 0 amide bonds. The van der Waals surface area contributed by atoms with Crippen LogP contribution in [0.1, 0.15) is 31.9 Å². The molecule has 0 aromatic heterocycles. The van der Waals surface area contributed by atoms with Crippen LogP contribution in [-0.4, -0.2) is 18.0 Å². The van der Waals surface area contributed by atoms with E-state index >= 15 is 0 Å². The van der Waals surface area contributed by atoms with Gasteiger partial charge in [0.1, 0.15) is 5.82 Å². The summed E-state index contributed by atoms with van der Waals surface area (Å²) < 4.78 is 13.1. The molecule has 1 aromatic rings. The van der Waals surface area contributed by atoms with Crippen LogP contribution in [0, 0.1) is 11.7 Å². The van der Waals surface area contributed by atoms with Crippen LogP contribution in [0.15, 0.2) is 18.2 Å². The molecule has 1 saturated heterocycles. The van der Waals surface area contributed by atoms with Crippen molar-refractivity contribution in [1.29, 1.82) is 0 Å². The van der Waals surface area contributed by atoms with E-state index in [0.29, 0.717) is 6.04 Å². The van der Waals surface area contributed by atoms with Crippen LogP contribution in [0.2, 0.25) is 5.02 Å². The summed E-state index contributed by atoms with van der Waals surface area (Å²) in [6.07, 6.45) is 1.25. The molecule has 1 fully saturated rings. The standard InChI is InChI=1S/C13H17ClFN/c1-9-5-6-16(8-9)10(2)11-3-4-13(15)12(14)7-11/h3-4,7,9-10H,5-6,8H2,1-2H3. The van der Waals surface area contributed by atoms with Crippen LogP contribution in [0.5, 0.6) is 0 Å². The Hall–Kier alpha value is -0.600. The first-order valence-corrected chi connectivity index (χ1v) is 6.14. The number of hydrogen-bond acceptors (Lipinski definition) is 1. The third kappa shape index (κ3) is 2.38. The monoisotopic (exact) mass is 241 g/mol. The number of benzene rings is 1. The Balaban J connectivity index is 2.14. The minimum Gasteiger partial charge on any atom is -0.296 e. The molecule has 0 saturated carbocycles. The van der Waals surface area contributed by atoms with Gasteiger partial charge in [-0.1, -0.05) is 24.6 Å². The maximum atomic E-state index is 13.1. The van der Waals surface area contributed by atoms with Gasteiger partial charge in [0.2, 0.25) is 0 Å². The first-order valence-electron chi connectivity index (χ1n) is 5.77. The predicted octanol–water partition coefficient (Wildman–Crippen LogP) is 3.88. The zero-order valence-corrected chi connectivity index (χ0v) is 10.5. The summed E-state index contributed by atoms with van der Waals surface area (Å²) in [5.74, 6) is 0.422. The van der Waals surface area contributed by atoms with E-state index in [1.165, 1.54) is 12.5 Å². The van der Waals surface area contributed by atoms with E-state index < -0.39 is 0 Å². The Morgan fingerprint density at radius 1 is 1.50 bits per heavy atom. The Labute approximate surface area is 101 Å². The second-order valence-corrected chi connectivity index (χ2v) is 5.15. The van der Waals surface area contributed by atoms with E-state index in [-0.39, 0.29) is 10.8 Å². The first kappa shape index (κ1) is 11.9. The lowest BCUT2D eigenvalue weighted by Crippen LogP contribution is -2.24. The predicted molar refractivity (Wildman–Crippen MR) is 65.2 cm³/mol. The van der Waals surface area contributed by atoms with E-state index in [1.54, 1.807) is 6.07 Å². The van der Waals surface area contributed by atoms with E-state index in [1.807, 2.05) is 6.07 Å². The van der Waals surface area contributed by atoms with Gasteiger partial charge < -0.3 is 0 Å². The molecule has 0 N–H and O–H groups in total. The van der Waals surface area contributed by atoms with Gasteiger partial charge in [0.25, 0.3) is 0 Å². The van der Waals surface area contributed by atoms with Gasteiger partial charge in [-0.25, -0.2) is 4.39 Å². The normalized spacial score (nSPS) is 23.6. The first-order chi connectivity index (χ1) is 7.58. The van der Waals surface area contributed by atoms with Crippen molar-refractivity contribution in [2.45, 2.75) is 26.3 Å². The molecule has 1 nitrogen and oxygen atoms in total. The van der Waals surface area contributed by atoms with Crippen molar-refractivity contribution in [1.82, 2.24) is 4.90 Å². The topological polar surface area (TPSA) is 3.24 Å². The minimum atomic E-state index is -0.340. The van der Waals surface area contributed by atoms with E-state index in [2.05, 4.69) is 18.7 Å². The van der Waals surface area contributed by atoms with Crippen LogP contribution >= 0.6 is 11.6 Å². The van der Waals surface area contributed by atoms with Gasteiger partial charge in [0.15, 0.2) is 0 Å². The van der Waals surface area contributed by atoms with Crippen molar-refractivity contribution in [2.24, 2.45) is 5.92 Å². The summed E-state index contributed by atoms with van der Waals surface area (Å²) in [5.41, 5.74) is 1.10. The molecule has 3 heteroatoms. The lowest BCUT2D eigenvalue weighted by atomic mass is 10.1. The molecule has 2 rings (SSSR count). The Morgan fingerprint density at radius 2 is 2.25 bits per heavy atom. The Bertz CT molecular complexity index is 380. The van der Waals surface area contributed by atoms with Crippen LogP contribution in [0.4, 0.5) is 4.39 Å². The smallest absolute Gasteiger partial charge is 0.141 e. The molecule has 1 aromatic carbocycles. The van der Waals surface area contributed by atoms with Crippen molar-refractivity contribution in [3.05, 3.63) is 34.6 Å². The Kier molecular flexibility index (Phi) is 3.50. The molecule has 1 aliphatic heterocycles. The van der Waals surface area contributed by atoms with Gasteiger partial charge in [0.05, 0.1) is 5.02 Å². The SMILES string of the molecule is CC1CCN(C(C)c2ccc(F)c(Cl)c2)C1. The van der Waals surface area contributed by atoms with Gasteiger partial charge in [-0.15, -0.1) is 0 Å². The van der Waals surface area contributed by atoms with E-state index in [0.717, 1.165) is 24.6 Å². The highest BCUT2D eigenvalue weighted by Gasteiger charge is 2.24. The van der Waals surface area contributed by atoms with E-state index in [4.69, 9.17) is 11.6 Å². The number of nitrogens with zero attached hydrogens (tertiary/aromatic N) is 1. The van der Waals surface area contributed by atoms with Crippen molar-refractivity contribution in [2.75, 3.05) is 13.1 Å². The van der Waals surface area contributed by atoms with Gasteiger partial charge >= 0.3 is 0 Å². The van der Waals surface area contributed by atoms with Crippen molar-refractivity contribution < 1.29 is 4.39 Å². The summed E-state index contributed by atoms with van der Waals surface area (Å²) in [7, 11) is 0. The van der Waals surface area contributed by atoms with Gasteiger partial charge in [-0.3, -0.25) is 4.90 Å². The van der Waals surface area contributed by atoms with Crippen LogP contribution in [-0.2, 0) is 0 Å². The molecule has 0 radical (unpaired) electrons. The maximum Gasteiger partial charge on any atom is 0.141 e. The van der Waals surface area contributed by atoms with Crippen LogP contribution in [0.25, 0.3) is 0 Å². The number of halogens is 2. The van der Waals surface area contributed by atoms with Crippen molar-refractivity contribution >= 4 is 11.6 Å². The van der Waals surface area contributed by atoms with Crippen molar-refractivity contribution in [3.8, 4) is 0 Å². The lowest BCUT2D eigenvalue weighted by molar-refractivity contribution is 0.255. The molecular formula is C13H17ClFN. The largest absolute Gasteiger partial charge is 0.296 e. The number of hydrogen-bond donors (Lipinski definition) is 0. The molecular weight excluding hydrogens is 225 g/mol. The third-order valence-corrected chi connectivity index (χ3v) is 3.72. The number of likely N-dealkylation sites (tertiary alicyclic amines) is 1. The quantitative estimate of drug-likeness (QED) is 0.760. The van der Waals surface area contributed by atoms with Crippen molar-refractivity contribution in [3.63, 3.8) is 0 Å². The zero-order chi connectivity index (χ0) is 11.7. The van der Waals surface area contributed by atoms with Gasteiger partial charge in [-0.2, -0.15) is 0 Å².